The van der Waals surface area contributed by atoms with Crippen LogP contribution >= 0.6 is 15.9 Å². The van der Waals surface area contributed by atoms with Crippen LogP contribution in [-0.2, 0) is 0 Å². The number of nitrogens with one attached hydrogen (secondary N) is 1. The van der Waals surface area contributed by atoms with Crippen molar-refractivity contribution in [3.05, 3.63) is 94.5 Å². The number of nitrogens with zero attached hydrogens (tertiary/aromatic N) is 1. The molecule has 2 amide bonds. The van der Waals surface area contributed by atoms with Crippen molar-refractivity contribution < 1.29 is 9.59 Å². The van der Waals surface area contributed by atoms with Crippen molar-refractivity contribution in [3.63, 3.8) is 0 Å². The molecule has 1 N–H and O–H groups in total. The van der Waals surface area contributed by atoms with Gasteiger partial charge in [-0.2, -0.15) is 0 Å². The molecule has 0 aromatic heterocycles. The Morgan fingerprint density at radius 2 is 1.59 bits per heavy atom. The quantitative estimate of drug-likeness (QED) is 0.600. The van der Waals surface area contributed by atoms with Gasteiger partial charge in [0, 0.05) is 33.5 Å². The number of para-hydroxylation sites is 1. The summed E-state index contributed by atoms with van der Waals surface area (Å²) < 4.78 is 0.834. The lowest BCUT2D eigenvalue weighted by Gasteiger charge is -2.21. The Bertz CT molecular complexity index is 957. The third-order valence-corrected chi connectivity index (χ3v) is 4.58. The van der Waals surface area contributed by atoms with Gasteiger partial charge in [0.2, 0.25) is 0 Å². The first-order valence-corrected chi connectivity index (χ1v) is 9.41. The highest BCUT2D eigenvalue weighted by molar-refractivity contribution is 9.10. The lowest BCUT2D eigenvalue weighted by atomic mass is 10.1. The van der Waals surface area contributed by atoms with Crippen molar-refractivity contribution in [2.75, 3.05) is 16.8 Å². The number of halogens is 1. The Morgan fingerprint density at radius 1 is 0.889 bits per heavy atom. The largest absolute Gasteiger partial charge is 0.322 e. The first-order valence-electron chi connectivity index (χ1n) is 8.62. The van der Waals surface area contributed by atoms with Crippen LogP contribution in [0.3, 0.4) is 0 Å². The van der Waals surface area contributed by atoms with Gasteiger partial charge in [-0.15, -0.1) is 0 Å². The van der Waals surface area contributed by atoms with Gasteiger partial charge in [0.25, 0.3) is 11.8 Å². The molecular formula is C22H19BrN2O2. The number of rotatable bonds is 5. The van der Waals surface area contributed by atoms with Crippen molar-refractivity contribution in [2.45, 2.75) is 6.92 Å². The number of carbonyl (C=O) groups is 2. The highest BCUT2D eigenvalue weighted by Crippen LogP contribution is 2.19. The van der Waals surface area contributed by atoms with E-state index >= 15 is 0 Å². The monoisotopic (exact) mass is 422 g/mol. The van der Waals surface area contributed by atoms with Crippen molar-refractivity contribution in [1.82, 2.24) is 0 Å². The fourth-order valence-corrected chi connectivity index (χ4v) is 3.17. The summed E-state index contributed by atoms with van der Waals surface area (Å²) >= 11 is 3.36. The zero-order chi connectivity index (χ0) is 19.2. The first-order chi connectivity index (χ1) is 13.1. The number of amides is 2. The zero-order valence-corrected chi connectivity index (χ0v) is 16.4. The van der Waals surface area contributed by atoms with Gasteiger partial charge in [0.1, 0.15) is 0 Å². The summed E-state index contributed by atoms with van der Waals surface area (Å²) in [5, 5.41) is 2.85. The van der Waals surface area contributed by atoms with Crippen molar-refractivity contribution in [1.29, 1.82) is 0 Å². The minimum absolute atomic E-state index is 0.109. The molecule has 5 heteroatoms. The summed E-state index contributed by atoms with van der Waals surface area (Å²) in [5.41, 5.74) is 2.48. The average molecular weight is 423 g/mol. The lowest BCUT2D eigenvalue weighted by molar-refractivity contribution is 0.0985. The van der Waals surface area contributed by atoms with Crippen LogP contribution in [-0.4, -0.2) is 18.4 Å². The van der Waals surface area contributed by atoms with Gasteiger partial charge >= 0.3 is 0 Å². The summed E-state index contributed by atoms with van der Waals surface area (Å²) in [6.07, 6.45) is 0. The molecule has 3 rings (SSSR count). The van der Waals surface area contributed by atoms with Crippen LogP contribution in [0.15, 0.2) is 83.3 Å². The number of anilines is 2. The van der Waals surface area contributed by atoms with Gasteiger partial charge in [-0.25, -0.2) is 0 Å². The van der Waals surface area contributed by atoms with Crippen LogP contribution in [0.25, 0.3) is 0 Å². The SMILES string of the molecule is CCN(C(=O)c1cccc(NC(=O)c2cccc(Br)c2)c1)c1ccccc1. The Balaban J connectivity index is 1.80. The maximum absolute atomic E-state index is 12.9. The van der Waals surface area contributed by atoms with Crippen molar-refractivity contribution >= 4 is 39.1 Å². The molecule has 0 heterocycles. The standard InChI is InChI=1S/C22H19BrN2O2/c1-2-25(20-12-4-3-5-13-20)22(27)17-9-7-11-19(15-17)24-21(26)16-8-6-10-18(23)14-16/h3-15H,2H2,1H3,(H,24,26). The summed E-state index contributed by atoms with van der Waals surface area (Å²) in [4.78, 5) is 27.1. The van der Waals surface area contributed by atoms with Crippen LogP contribution in [0.5, 0.6) is 0 Å². The van der Waals surface area contributed by atoms with E-state index in [1.807, 2.05) is 43.3 Å². The molecule has 0 saturated heterocycles. The molecule has 0 aliphatic heterocycles. The van der Waals surface area contributed by atoms with Gasteiger partial charge in [0.05, 0.1) is 0 Å². The Hall–Kier alpha value is -2.92. The molecule has 3 aromatic carbocycles. The molecule has 0 aliphatic carbocycles. The van der Waals surface area contributed by atoms with E-state index in [4.69, 9.17) is 0 Å². The van der Waals surface area contributed by atoms with Gasteiger partial charge in [0.15, 0.2) is 0 Å². The van der Waals surface area contributed by atoms with Crippen molar-refractivity contribution in [3.8, 4) is 0 Å². The molecule has 0 aliphatic rings. The molecule has 0 atom stereocenters. The zero-order valence-electron chi connectivity index (χ0n) is 14.9. The average Bonchev–Trinajstić information content (AvgIpc) is 2.69. The molecule has 0 saturated carbocycles. The topological polar surface area (TPSA) is 49.4 Å². The van der Waals surface area contributed by atoms with E-state index in [0.717, 1.165) is 10.2 Å². The minimum atomic E-state index is -0.226. The summed E-state index contributed by atoms with van der Waals surface area (Å²) in [6, 6.07) is 23.7. The first kappa shape index (κ1) is 18.9. The van der Waals surface area contributed by atoms with E-state index in [1.54, 1.807) is 47.4 Å². The van der Waals surface area contributed by atoms with Crippen molar-refractivity contribution in [2.24, 2.45) is 0 Å². The smallest absolute Gasteiger partial charge is 0.258 e. The Labute approximate surface area is 167 Å². The molecule has 0 radical (unpaired) electrons. The Morgan fingerprint density at radius 3 is 2.30 bits per heavy atom. The fraction of sp³-hybridized carbons (Fsp3) is 0.0909. The molecule has 0 unspecified atom stereocenters. The number of benzene rings is 3. The van der Waals surface area contributed by atoms with Crippen LogP contribution in [0.4, 0.5) is 11.4 Å². The van der Waals surface area contributed by atoms with E-state index in [9.17, 15) is 9.59 Å². The van der Waals surface area contributed by atoms with E-state index in [-0.39, 0.29) is 11.8 Å². The second-order valence-electron chi connectivity index (χ2n) is 5.93. The number of hydrogen-bond acceptors (Lipinski definition) is 2. The Kier molecular flexibility index (Phi) is 6.04. The van der Waals surface area contributed by atoms with Gasteiger partial charge in [-0.3, -0.25) is 9.59 Å². The lowest BCUT2D eigenvalue weighted by Crippen LogP contribution is -2.30. The minimum Gasteiger partial charge on any atom is -0.322 e. The van der Waals surface area contributed by atoms with Gasteiger partial charge in [-0.05, 0) is 55.5 Å². The van der Waals surface area contributed by atoms with E-state index in [2.05, 4.69) is 21.2 Å². The molecule has 136 valence electrons. The molecule has 0 fully saturated rings. The normalized spacial score (nSPS) is 10.3. The van der Waals surface area contributed by atoms with Gasteiger partial charge < -0.3 is 10.2 Å². The van der Waals surface area contributed by atoms with E-state index in [1.165, 1.54) is 0 Å². The second kappa shape index (κ2) is 8.64. The maximum Gasteiger partial charge on any atom is 0.258 e. The van der Waals surface area contributed by atoms with Crippen LogP contribution < -0.4 is 10.2 Å². The number of hydrogen-bond donors (Lipinski definition) is 1. The van der Waals surface area contributed by atoms with Gasteiger partial charge in [-0.1, -0.05) is 46.3 Å². The molecule has 27 heavy (non-hydrogen) atoms. The number of carbonyl (C=O) groups excluding carboxylic acids is 2. The predicted octanol–water partition coefficient (Wildman–Crippen LogP) is 5.37. The fourth-order valence-electron chi connectivity index (χ4n) is 2.77. The highest BCUT2D eigenvalue weighted by atomic mass is 79.9. The third-order valence-electron chi connectivity index (χ3n) is 4.08. The molecular weight excluding hydrogens is 404 g/mol. The molecule has 4 nitrogen and oxygen atoms in total. The van der Waals surface area contributed by atoms with Crippen LogP contribution in [0.1, 0.15) is 27.6 Å². The third kappa shape index (κ3) is 4.63. The summed E-state index contributed by atoms with van der Waals surface area (Å²) in [7, 11) is 0. The predicted molar refractivity (Wildman–Crippen MR) is 112 cm³/mol. The van der Waals surface area contributed by atoms with E-state index < -0.39 is 0 Å². The summed E-state index contributed by atoms with van der Waals surface area (Å²) in [5.74, 6) is -0.335. The molecule has 0 spiro atoms. The maximum atomic E-state index is 12.9. The highest BCUT2D eigenvalue weighted by Gasteiger charge is 2.16. The molecule has 3 aromatic rings. The van der Waals surface area contributed by atoms with E-state index in [0.29, 0.717) is 23.4 Å². The second-order valence-corrected chi connectivity index (χ2v) is 6.85. The van der Waals surface area contributed by atoms with Crippen LogP contribution in [0.2, 0.25) is 0 Å². The van der Waals surface area contributed by atoms with Crippen LogP contribution in [0, 0.1) is 0 Å². The molecule has 0 bridgehead atoms. The summed E-state index contributed by atoms with van der Waals surface area (Å²) in [6.45, 7) is 2.49.